The van der Waals surface area contributed by atoms with E-state index in [0.717, 1.165) is 18.9 Å². The van der Waals surface area contributed by atoms with Crippen LogP contribution in [-0.2, 0) is 16.6 Å². The van der Waals surface area contributed by atoms with Gasteiger partial charge < -0.3 is 9.47 Å². The maximum Gasteiger partial charge on any atom is 0.218 e. The Morgan fingerprint density at radius 1 is 1.06 bits per heavy atom. The fourth-order valence-electron chi connectivity index (χ4n) is 5.29. The predicted octanol–water partition coefficient (Wildman–Crippen LogP) is 4.21. The number of benzene rings is 2. The van der Waals surface area contributed by atoms with Crippen molar-refractivity contribution in [1.29, 1.82) is 0 Å². The predicted molar refractivity (Wildman–Crippen MR) is 129 cm³/mol. The van der Waals surface area contributed by atoms with Crippen LogP contribution in [0.5, 0.6) is 0 Å². The van der Waals surface area contributed by atoms with Gasteiger partial charge in [0.1, 0.15) is 29.5 Å². The summed E-state index contributed by atoms with van der Waals surface area (Å²) in [5, 5.41) is 6.94. The van der Waals surface area contributed by atoms with E-state index < -0.39 is 26.9 Å². The summed E-state index contributed by atoms with van der Waals surface area (Å²) in [6, 6.07) is 11.6. The second kappa shape index (κ2) is 9.66. The van der Waals surface area contributed by atoms with Gasteiger partial charge in [-0.3, -0.25) is 0 Å². The molecule has 2 fully saturated rings. The normalized spacial score (nSPS) is 22.3. The Bertz CT molecular complexity index is 1260. The van der Waals surface area contributed by atoms with Gasteiger partial charge in [0.05, 0.1) is 5.69 Å². The average molecular weight is 502 g/mol. The van der Waals surface area contributed by atoms with E-state index in [1.54, 1.807) is 36.9 Å². The summed E-state index contributed by atoms with van der Waals surface area (Å²) in [5.74, 6) is -0.450. The highest BCUT2D eigenvalue weighted by Gasteiger charge is 2.57. The van der Waals surface area contributed by atoms with Crippen molar-refractivity contribution < 1.29 is 17.2 Å². The second-order valence-electron chi connectivity index (χ2n) is 9.44. The van der Waals surface area contributed by atoms with Crippen LogP contribution in [0.3, 0.4) is 0 Å². The zero-order chi connectivity index (χ0) is 24.6. The van der Waals surface area contributed by atoms with Gasteiger partial charge in [0.2, 0.25) is 10.0 Å². The number of fused-ring (bicyclic) bond motifs is 1. The van der Waals surface area contributed by atoms with Crippen LogP contribution in [0.2, 0.25) is 0 Å². The minimum atomic E-state index is -3.79. The maximum absolute atomic E-state index is 15.0. The van der Waals surface area contributed by atoms with Crippen molar-refractivity contribution in [3.05, 3.63) is 77.9 Å². The first-order chi connectivity index (χ1) is 16.9. The quantitative estimate of drug-likeness (QED) is 0.450. The topological polar surface area (TPSA) is 80.1 Å². The number of nitrogens with one attached hydrogen (secondary N) is 1. The molecule has 5 rings (SSSR count). The third-order valence-corrected chi connectivity index (χ3v) is 9.02. The molecule has 1 aliphatic carbocycles. The van der Waals surface area contributed by atoms with Crippen LogP contribution in [-0.4, -0.2) is 36.3 Å². The summed E-state index contributed by atoms with van der Waals surface area (Å²) < 4.78 is 60.6. The number of piperidine rings is 1. The van der Waals surface area contributed by atoms with Crippen LogP contribution in [0.4, 0.5) is 14.5 Å². The Morgan fingerprint density at radius 2 is 1.74 bits per heavy atom. The second-order valence-corrected chi connectivity index (χ2v) is 11.4. The van der Waals surface area contributed by atoms with Crippen LogP contribution >= 0.6 is 0 Å². The van der Waals surface area contributed by atoms with Crippen LogP contribution in [0.1, 0.15) is 48.6 Å². The minimum Gasteiger partial charge on any atom is -0.368 e. The lowest BCUT2D eigenvalue weighted by Crippen LogP contribution is -2.30. The van der Waals surface area contributed by atoms with Gasteiger partial charge in [-0.25, -0.2) is 21.9 Å². The molecule has 3 unspecified atom stereocenters. The van der Waals surface area contributed by atoms with Gasteiger partial charge in [-0.05, 0) is 18.1 Å². The first kappa shape index (κ1) is 23.9. The fourth-order valence-corrected chi connectivity index (χ4v) is 6.84. The zero-order valence-corrected chi connectivity index (χ0v) is 20.3. The van der Waals surface area contributed by atoms with Gasteiger partial charge in [0, 0.05) is 49.1 Å². The van der Waals surface area contributed by atoms with Crippen LogP contribution in [0.15, 0.2) is 55.1 Å². The third-order valence-electron chi connectivity index (χ3n) is 7.22. The van der Waals surface area contributed by atoms with Crippen molar-refractivity contribution in [2.45, 2.75) is 44.0 Å². The van der Waals surface area contributed by atoms with Crippen molar-refractivity contribution >= 4 is 15.7 Å². The SMILES string of the molecule is CCCCC(c1ccccc1)S(=O)(=O)NCc1cc(F)c(N2CC3C(C2)C3n2cnnc2)cc1F. The summed E-state index contributed by atoms with van der Waals surface area (Å²) in [4.78, 5) is 1.86. The molecular weight excluding hydrogens is 472 g/mol. The van der Waals surface area contributed by atoms with E-state index in [1.807, 2.05) is 22.5 Å². The first-order valence-electron chi connectivity index (χ1n) is 12.0. The number of sulfonamides is 1. The summed E-state index contributed by atoms with van der Waals surface area (Å²) in [6.45, 7) is 2.96. The van der Waals surface area contributed by atoms with Crippen molar-refractivity contribution in [1.82, 2.24) is 19.5 Å². The van der Waals surface area contributed by atoms with E-state index in [1.165, 1.54) is 6.07 Å². The van der Waals surface area contributed by atoms with Gasteiger partial charge in [0.25, 0.3) is 0 Å². The van der Waals surface area contributed by atoms with Gasteiger partial charge in [0.15, 0.2) is 0 Å². The Balaban J connectivity index is 1.26. The van der Waals surface area contributed by atoms with Gasteiger partial charge in [-0.15, -0.1) is 10.2 Å². The van der Waals surface area contributed by atoms with Crippen molar-refractivity contribution in [3.63, 3.8) is 0 Å². The lowest BCUT2D eigenvalue weighted by Gasteiger charge is -2.23. The summed E-state index contributed by atoms with van der Waals surface area (Å²) in [6.07, 6.45) is 5.44. The molecule has 1 saturated carbocycles. The Morgan fingerprint density at radius 3 is 2.40 bits per heavy atom. The zero-order valence-electron chi connectivity index (χ0n) is 19.5. The fraction of sp³-hybridized carbons (Fsp3) is 0.440. The summed E-state index contributed by atoms with van der Waals surface area (Å²) in [5.41, 5.74) is 0.894. The van der Waals surface area contributed by atoms with Crippen LogP contribution < -0.4 is 9.62 Å². The largest absolute Gasteiger partial charge is 0.368 e. The lowest BCUT2D eigenvalue weighted by atomic mass is 10.1. The molecule has 186 valence electrons. The molecule has 35 heavy (non-hydrogen) atoms. The van der Waals surface area contributed by atoms with E-state index in [2.05, 4.69) is 14.9 Å². The Hall–Kier alpha value is -2.85. The molecular formula is C25H29F2N5O2S. The van der Waals surface area contributed by atoms with E-state index in [0.29, 0.717) is 43.0 Å². The number of unbranched alkanes of at least 4 members (excludes halogenated alkanes) is 1. The molecule has 3 atom stereocenters. The van der Waals surface area contributed by atoms with Crippen LogP contribution in [0, 0.1) is 23.5 Å². The molecule has 0 spiro atoms. The van der Waals surface area contributed by atoms with E-state index in [-0.39, 0.29) is 17.8 Å². The average Bonchev–Trinajstić information content (AvgIpc) is 3.22. The van der Waals surface area contributed by atoms with Crippen molar-refractivity contribution in [3.8, 4) is 0 Å². The van der Waals surface area contributed by atoms with Crippen molar-refractivity contribution in [2.24, 2.45) is 11.8 Å². The molecule has 1 aromatic heterocycles. The summed E-state index contributed by atoms with van der Waals surface area (Å²) in [7, 11) is -3.79. The standard InChI is InChI=1S/C25H29F2N5O2S/c1-2-3-9-24(17-7-5-4-6-8-17)35(33,34)30-12-18-10-22(27)23(11-21(18)26)31-13-19-20(14-31)25(19)32-15-28-29-16-32/h4-8,10-11,15-16,19-20,24-25,30H,2-3,9,12-14H2,1H3. The number of anilines is 1. The van der Waals surface area contributed by atoms with Gasteiger partial charge in [-0.2, -0.15) is 0 Å². The maximum atomic E-state index is 15.0. The Labute approximate surface area is 204 Å². The van der Waals surface area contributed by atoms with Gasteiger partial charge >= 0.3 is 0 Å². The number of rotatable bonds is 10. The molecule has 2 aromatic carbocycles. The third kappa shape index (κ3) is 4.81. The van der Waals surface area contributed by atoms with E-state index in [9.17, 15) is 17.2 Å². The molecule has 10 heteroatoms. The number of halogens is 2. The smallest absolute Gasteiger partial charge is 0.218 e. The van der Waals surface area contributed by atoms with Crippen molar-refractivity contribution in [2.75, 3.05) is 18.0 Å². The highest BCUT2D eigenvalue weighted by Crippen LogP contribution is 2.55. The molecule has 0 radical (unpaired) electrons. The minimum absolute atomic E-state index is 0.0103. The van der Waals surface area contributed by atoms with Crippen LogP contribution in [0.25, 0.3) is 0 Å². The molecule has 1 aliphatic heterocycles. The highest BCUT2D eigenvalue weighted by molar-refractivity contribution is 7.89. The highest BCUT2D eigenvalue weighted by atomic mass is 32.2. The number of hydrogen-bond donors (Lipinski definition) is 1. The van der Waals surface area contributed by atoms with Gasteiger partial charge in [-0.1, -0.05) is 50.1 Å². The number of nitrogens with zero attached hydrogens (tertiary/aromatic N) is 4. The molecule has 2 aliphatic rings. The molecule has 2 heterocycles. The van der Waals surface area contributed by atoms with E-state index >= 15 is 0 Å². The molecule has 7 nitrogen and oxygen atoms in total. The lowest BCUT2D eigenvalue weighted by molar-refractivity contribution is 0.546. The summed E-state index contributed by atoms with van der Waals surface area (Å²) >= 11 is 0. The molecule has 3 aromatic rings. The molecule has 0 bridgehead atoms. The Kier molecular flexibility index (Phi) is 6.59. The molecule has 0 amide bonds. The molecule has 1 N–H and O–H groups in total. The first-order valence-corrected chi connectivity index (χ1v) is 13.5. The monoisotopic (exact) mass is 501 g/mol. The number of hydrogen-bond acceptors (Lipinski definition) is 5. The molecule has 1 saturated heterocycles. The van der Waals surface area contributed by atoms with E-state index in [4.69, 9.17) is 0 Å². The number of aromatic nitrogens is 3.